The van der Waals surface area contributed by atoms with Gasteiger partial charge in [-0.2, -0.15) is 0 Å². The summed E-state index contributed by atoms with van der Waals surface area (Å²) in [4.78, 5) is 29.4. The average molecular weight is 387 g/mol. The molecule has 1 amide bonds. The minimum atomic E-state index is 0.0644. The molecule has 0 radical (unpaired) electrons. The lowest BCUT2D eigenvalue weighted by Gasteiger charge is -2.26. The van der Waals surface area contributed by atoms with Crippen molar-refractivity contribution in [2.24, 2.45) is 0 Å². The van der Waals surface area contributed by atoms with E-state index in [2.05, 4.69) is 15.3 Å². The number of amides is 1. The van der Waals surface area contributed by atoms with E-state index in [4.69, 9.17) is 4.98 Å². The van der Waals surface area contributed by atoms with E-state index in [9.17, 15) is 4.79 Å². The number of carbonyl (C=O) groups is 1. The smallest absolute Gasteiger partial charge is 0.254 e. The number of nitrogens with zero attached hydrogens (tertiary/aromatic N) is 4. The van der Waals surface area contributed by atoms with E-state index in [1.54, 1.807) is 17.5 Å². The van der Waals surface area contributed by atoms with Gasteiger partial charge in [0.25, 0.3) is 5.91 Å². The lowest BCUT2D eigenvalue weighted by molar-refractivity contribution is 0.0736. The zero-order valence-electron chi connectivity index (χ0n) is 15.0. The fraction of sp³-hybridized carbons (Fsp3) is 0.143. The summed E-state index contributed by atoms with van der Waals surface area (Å²) >= 11 is 1.57. The summed E-state index contributed by atoms with van der Waals surface area (Å²) in [5.41, 5.74) is 3.48. The molecule has 0 saturated carbocycles. The van der Waals surface area contributed by atoms with Crippen molar-refractivity contribution in [3.8, 4) is 0 Å². The second-order valence-electron chi connectivity index (χ2n) is 6.60. The Balaban J connectivity index is 1.34. The molecule has 0 aliphatic carbocycles. The van der Waals surface area contributed by atoms with E-state index >= 15 is 0 Å². The second kappa shape index (κ2) is 7.01. The molecule has 138 valence electrons. The maximum Gasteiger partial charge on any atom is 0.254 e. The molecule has 1 aliphatic heterocycles. The third-order valence-corrected chi connectivity index (χ3v) is 5.72. The fourth-order valence-electron chi connectivity index (χ4n) is 3.31. The Morgan fingerprint density at radius 3 is 2.64 bits per heavy atom. The largest absolute Gasteiger partial charge is 0.333 e. The standard InChI is InChI=1S/C21H17N5OS/c27-20(14-6-2-1-3-7-14)26-11-10-17-18(13-26)28-21(24-17)25-19-12-22-15-8-4-5-9-16(15)23-19/h1-9,12H,10-11,13H2,(H,23,24,25). The van der Waals surface area contributed by atoms with Crippen LogP contribution in [0.3, 0.4) is 0 Å². The average Bonchev–Trinajstić information content (AvgIpc) is 3.15. The Bertz CT molecular complexity index is 1160. The lowest BCUT2D eigenvalue weighted by Crippen LogP contribution is -2.35. The van der Waals surface area contributed by atoms with E-state index in [0.29, 0.717) is 18.9 Å². The van der Waals surface area contributed by atoms with Crippen LogP contribution in [-0.2, 0) is 13.0 Å². The molecule has 4 aromatic rings. The number of benzene rings is 2. The van der Waals surface area contributed by atoms with E-state index in [-0.39, 0.29) is 5.91 Å². The summed E-state index contributed by atoms with van der Waals surface area (Å²) < 4.78 is 0. The molecule has 28 heavy (non-hydrogen) atoms. The first-order valence-corrected chi connectivity index (χ1v) is 9.89. The van der Waals surface area contributed by atoms with Gasteiger partial charge in [-0.3, -0.25) is 9.78 Å². The molecule has 2 aromatic carbocycles. The Morgan fingerprint density at radius 2 is 1.79 bits per heavy atom. The molecule has 0 bridgehead atoms. The van der Waals surface area contributed by atoms with Crippen LogP contribution in [0.1, 0.15) is 20.9 Å². The van der Waals surface area contributed by atoms with Crippen molar-refractivity contribution < 1.29 is 4.79 Å². The van der Waals surface area contributed by atoms with Gasteiger partial charge in [-0.05, 0) is 24.3 Å². The molecule has 1 N–H and O–H groups in total. The van der Waals surface area contributed by atoms with Crippen LogP contribution in [0.4, 0.5) is 10.9 Å². The molecule has 0 saturated heterocycles. The van der Waals surface area contributed by atoms with Crippen LogP contribution in [0.15, 0.2) is 60.8 Å². The highest BCUT2D eigenvalue weighted by Gasteiger charge is 2.25. The number of hydrogen-bond donors (Lipinski definition) is 1. The van der Waals surface area contributed by atoms with Gasteiger partial charge in [0.05, 0.1) is 29.5 Å². The highest BCUT2D eigenvalue weighted by Crippen LogP contribution is 2.30. The number of nitrogens with one attached hydrogen (secondary N) is 1. The molecule has 6 nitrogen and oxygen atoms in total. The zero-order valence-corrected chi connectivity index (χ0v) is 15.8. The number of thiazole rings is 1. The van der Waals surface area contributed by atoms with Crippen molar-refractivity contribution in [2.75, 3.05) is 11.9 Å². The molecule has 0 fully saturated rings. The van der Waals surface area contributed by atoms with E-state index in [0.717, 1.165) is 38.7 Å². The van der Waals surface area contributed by atoms with Crippen LogP contribution in [-0.4, -0.2) is 32.3 Å². The number of para-hydroxylation sites is 2. The van der Waals surface area contributed by atoms with Crippen LogP contribution >= 0.6 is 11.3 Å². The van der Waals surface area contributed by atoms with Gasteiger partial charge in [0.15, 0.2) is 10.9 Å². The molecule has 5 rings (SSSR count). The molecule has 3 heterocycles. The number of aromatic nitrogens is 3. The minimum Gasteiger partial charge on any atom is -0.333 e. The molecule has 0 atom stereocenters. The summed E-state index contributed by atoms with van der Waals surface area (Å²) in [5.74, 6) is 0.733. The molecule has 0 spiro atoms. The third kappa shape index (κ3) is 3.20. The Labute approximate surface area is 165 Å². The highest BCUT2D eigenvalue weighted by atomic mass is 32.1. The number of fused-ring (bicyclic) bond motifs is 2. The second-order valence-corrected chi connectivity index (χ2v) is 7.68. The SMILES string of the molecule is O=C(c1ccccc1)N1CCc2nc(Nc3cnc4ccccc4n3)sc2C1. The number of rotatable bonds is 3. The normalized spacial score (nSPS) is 13.4. The van der Waals surface area contributed by atoms with Gasteiger partial charge in [-0.1, -0.05) is 41.7 Å². The zero-order chi connectivity index (χ0) is 18.9. The van der Waals surface area contributed by atoms with Gasteiger partial charge in [-0.15, -0.1) is 0 Å². The quantitative estimate of drug-likeness (QED) is 0.575. The Kier molecular flexibility index (Phi) is 4.21. The van der Waals surface area contributed by atoms with Gasteiger partial charge < -0.3 is 10.2 Å². The van der Waals surface area contributed by atoms with Crippen LogP contribution in [0.5, 0.6) is 0 Å². The highest BCUT2D eigenvalue weighted by molar-refractivity contribution is 7.15. The summed E-state index contributed by atoms with van der Waals surface area (Å²) in [6.07, 6.45) is 2.48. The fourth-order valence-corrected chi connectivity index (χ4v) is 4.34. The molecular formula is C21H17N5OS. The summed E-state index contributed by atoms with van der Waals surface area (Å²) in [6.45, 7) is 1.27. The molecule has 0 unspecified atom stereocenters. The van der Waals surface area contributed by atoms with Crippen LogP contribution in [0.25, 0.3) is 11.0 Å². The summed E-state index contributed by atoms with van der Waals surface area (Å²) in [5, 5.41) is 4.04. The number of carbonyl (C=O) groups excluding carboxylic acids is 1. The maximum atomic E-state index is 12.7. The first-order valence-electron chi connectivity index (χ1n) is 9.08. The van der Waals surface area contributed by atoms with Crippen molar-refractivity contribution >= 4 is 39.2 Å². The Hall–Kier alpha value is -3.32. The van der Waals surface area contributed by atoms with Crippen LogP contribution < -0.4 is 5.32 Å². The van der Waals surface area contributed by atoms with Crippen LogP contribution in [0.2, 0.25) is 0 Å². The minimum absolute atomic E-state index is 0.0644. The van der Waals surface area contributed by atoms with E-state index < -0.39 is 0 Å². The van der Waals surface area contributed by atoms with Crippen molar-refractivity contribution in [2.45, 2.75) is 13.0 Å². The first kappa shape index (κ1) is 16.8. The predicted molar refractivity (Wildman–Crippen MR) is 110 cm³/mol. The molecule has 1 aliphatic rings. The van der Waals surface area contributed by atoms with Gasteiger partial charge >= 0.3 is 0 Å². The predicted octanol–water partition coefficient (Wildman–Crippen LogP) is 4.03. The van der Waals surface area contributed by atoms with E-state index in [1.807, 2.05) is 59.5 Å². The van der Waals surface area contributed by atoms with Crippen molar-refractivity contribution in [3.63, 3.8) is 0 Å². The topological polar surface area (TPSA) is 71.0 Å². The Morgan fingerprint density at radius 1 is 1.00 bits per heavy atom. The van der Waals surface area contributed by atoms with Crippen molar-refractivity contribution in [1.29, 1.82) is 0 Å². The molecule has 7 heteroatoms. The summed E-state index contributed by atoms with van der Waals surface area (Å²) in [6, 6.07) is 17.2. The van der Waals surface area contributed by atoms with Gasteiger partial charge in [0.1, 0.15) is 0 Å². The maximum absolute atomic E-state index is 12.7. The summed E-state index contributed by atoms with van der Waals surface area (Å²) in [7, 11) is 0. The van der Waals surface area contributed by atoms with Crippen molar-refractivity contribution in [1.82, 2.24) is 19.9 Å². The monoisotopic (exact) mass is 387 g/mol. The number of hydrogen-bond acceptors (Lipinski definition) is 6. The van der Waals surface area contributed by atoms with Gasteiger partial charge in [0, 0.05) is 23.4 Å². The van der Waals surface area contributed by atoms with Gasteiger partial charge in [-0.25, -0.2) is 9.97 Å². The van der Waals surface area contributed by atoms with Crippen LogP contribution in [0, 0.1) is 0 Å². The number of anilines is 2. The van der Waals surface area contributed by atoms with E-state index in [1.165, 1.54) is 0 Å². The lowest BCUT2D eigenvalue weighted by atomic mass is 10.1. The third-order valence-electron chi connectivity index (χ3n) is 4.72. The van der Waals surface area contributed by atoms with Crippen molar-refractivity contribution in [3.05, 3.63) is 76.9 Å². The first-order chi connectivity index (χ1) is 13.8. The molecule has 2 aromatic heterocycles. The van der Waals surface area contributed by atoms with Gasteiger partial charge in [0.2, 0.25) is 0 Å². The molecular weight excluding hydrogens is 370 g/mol.